The lowest BCUT2D eigenvalue weighted by atomic mass is 10.1. The number of fused-ring (bicyclic) bond motifs is 2. The summed E-state index contributed by atoms with van der Waals surface area (Å²) in [6, 6.07) is 20.7. The summed E-state index contributed by atoms with van der Waals surface area (Å²) in [6.45, 7) is 2.05. The summed E-state index contributed by atoms with van der Waals surface area (Å²) in [5.41, 5.74) is 4.78. The van der Waals surface area contributed by atoms with Crippen LogP contribution in [0.15, 0.2) is 91.6 Å². The number of anilines is 2. The average molecular weight is 489 g/mol. The van der Waals surface area contributed by atoms with Gasteiger partial charge in [-0.25, -0.2) is 15.0 Å². The van der Waals surface area contributed by atoms with Crippen LogP contribution in [0.2, 0.25) is 0 Å². The molecule has 4 heterocycles. The first-order chi connectivity index (χ1) is 18.1. The number of rotatable bonds is 8. The molecule has 8 nitrogen and oxygen atoms in total. The van der Waals surface area contributed by atoms with Gasteiger partial charge in [0.2, 0.25) is 0 Å². The van der Waals surface area contributed by atoms with Crippen LogP contribution in [-0.4, -0.2) is 34.0 Å². The molecule has 0 aliphatic carbocycles. The van der Waals surface area contributed by atoms with E-state index in [1.165, 1.54) is 0 Å². The van der Waals surface area contributed by atoms with E-state index in [0.717, 1.165) is 50.5 Å². The van der Waals surface area contributed by atoms with E-state index >= 15 is 0 Å². The van der Waals surface area contributed by atoms with Gasteiger partial charge in [-0.3, -0.25) is 9.88 Å². The van der Waals surface area contributed by atoms with E-state index in [0.29, 0.717) is 19.6 Å². The van der Waals surface area contributed by atoms with Gasteiger partial charge in [0.15, 0.2) is 0 Å². The lowest BCUT2D eigenvalue weighted by Crippen LogP contribution is -2.26. The third kappa shape index (κ3) is 4.79. The zero-order chi connectivity index (χ0) is 25.2. The molecule has 0 saturated carbocycles. The minimum Gasteiger partial charge on any atom is -0.352 e. The molecule has 0 aliphatic rings. The molecule has 37 heavy (non-hydrogen) atoms. The minimum atomic E-state index is 0.666. The van der Waals surface area contributed by atoms with Crippen LogP contribution in [0.25, 0.3) is 21.8 Å². The SMILES string of the molecule is Cn1ccnc1CN(Cc1ccc2cccc(Nc3cccc4cccnc34)c2n1)Cc1nccn1C. The van der Waals surface area contributed by atoms with Crippen molar-refractivity contribution in [3.63, 3.8) is 0 Å². The molecule has 2 aromatic carbocycles. The highest BCUT2D eigenvalue weighted by Gasteiger charge is 2.15. The molecule has 0 saturated heterocycles. The molecule has 0 spiro atoms. The van der Waals surface area contributed by atoms with Gasteiger partial charge in [0, 0.05) is 62.4 Å². The molecule has 0 atom stereocenters. The van der Waals surface area contributed by atoms with Crippen LogP contribution in [0.4, 0.5) is 11.4 Å². The van der Waals surface area contributed by atoms with Crippen molar-refractivity contribution in [2.24, 2.45) is 14.1 Å². The zero-order valence-corrected chi connectivity index (χ0v) is 20.9. The number of nitrogens with one attached hydrogen (secondary N) is 1. The van der Waals surface area contributed by atoms with Gasteiger partial charge < -0.3 is 14.5 Å². The summed E-state index contributed by atoms with van der Waals surface area (Å²) in [4.78, 5) is 21.1. The number of aryl methyl sites for hydroxylation is 2. The monoisotopic (exact) mass is 488 g/mol. The normalized spacial score (nSPS) is 11.5. The van der Waals surface area contributed by atoms with Gasteiger partial charge in [0.05, 0.1) is 41.2 Å². The zero-order valence-electron chi connectivity index (χ0n) is 20.9. The van der Waals surface area contributed by atoms with Crippen molar-refractivity contribution < 1.29 is 0 Å². The Bertz CT molecular complexity index is 1630. The molecular weight excluding hydrogens is 460 g/mol. The quantitative estimate of drug-likeness (QED) is 0.318. The van der Waals surface area contributed by atoms with Gasteiger partial charge >= 0.3 is 0 Å². The van der Waals surface area contributed by atoms with Crippen molar-refractivity contribution >= 4 is 33.2 Å². The summed E-state index contributed by atoms with van der Waals surface area (Å²) in [7, 11) is 4.05. The van der Waals surface area contributed by atoms with Crippen molar-refractivity contribution in [2.75, 3.05) is 5.32 Å². The molecule has 1 N–H and O–H groups in total. The lowest BCUT2D eigenvalue weighted by molar-refractivity contribution is 0.228. The maximum absolute atomic E-state index is 5.12. The van der Waals surface area contributed by atoms with E-state index in [1.807, 2.05) is 57.2 Å². The van der Waals surface area contributed by atoms with Gasteiger partial charge in [-0.2, -0.15) is 0 Å². The van der Waals surface area contributed by atoms with Crippen LogP contribution in [0.3, 0.4) is 0 Å². The Hall–Kier alpha value is -4.56. The number of imidazole rings is 2. The Morgan fingerprint density at radius 2 is 1.27 bits per heavy atom. The van der Waals surface area contributed by atoms with Gasteiger partial charge in [-0.05, 0) is 24.3 Å². The van der Waals surface area contributed by atoms with Crippen molar-refractivity contribution in [3.8, 4) is 0 Å². The van der Waals surface area contributed by atoms with E-state index in [-0.39, 0.29) is 0 Å². The highest BCUT2D eigenvalue weighted by molar-refractivity contribution is 5.97. The van der Waals surface area contributed by atoms with Crippen molar-refractivity contribution in [1.29, 1.82) is 0 Å². The fourth-order valence-corrected chi connectivity index (χ4v) is 4.62. The topological polar surface area (TPSA) is 76.7 Å². The Labute approximate surface area is 215 Å². The maximum atomic E-state index is 5.12. The number of aromatic nitrogens is 6. The average Bonchev–Trinajstić information content (AvgIpc) is 3.51. The van der Waals surface area contributed by atoms with Crippen molar-refractivity contribution in [3.05, 3.63) is 109 Å². The van der Waals surface area contributed by atoms with Crippen LogP contribution >= 0.6 is 0 Å². The maximum Gasteiger partial charge on any atom is 0.122 e. The van der Waals surface area contributed by atoms with Crippen molar-refractivity contribution in [2.45, 2.75) is 19.6 Å². The van der Waals surface area contributed by atoms with E-state index < -0.39 is 0 Å². The van der Waals surface area contributed by atoms with Crippen LogP contribution in [-0.2, 0) is 33.7 Å². The van der Waals surface area contributed by atoms with Crippen LogP contribution < -0.4 is 5.32 Å². The van der Waals surface area contributed by atoms with Crippen LogP contribution in [0.1, 0.15) is 17.3 Å². The molecule has 6 aromatic rings. The van der Waals surface area contributed by atoms with E-state index in [4.69, 9.17) is 4.98 Å². The molecule has 0 aliphatic heterocycles. The first kappa shape index (κ1) is 22.9. The predicted octanol–water partition coefficient (Wildman–Crippen LogP) is 5.20. The number of hydrogen-bond acceptors (Lipinski definition) is 6. The molecule has 0 unspecified atom stereocenters. The van der Waals surface area contributed by atoms with E-state index in [9.17, 15) is 0 Å². The second-order valence-corrected chi connectivity index (χ2v) is 9.24. The third-order valence-corrected chi connectivity index (χ3v) is 6.64. The Balaban J connectivity index is 1.33. The Morgan fingerprint density at radius 3 is 1.92 bits per heavy atom. The lowest BCUT2D eigenvalue weighted by Gasteiger charge is -2.22. The number of para-hydroxylation sites is 2. The largest absolute Gasteiger partial charge is 0.352 e. The predicted molar refractivity (Wildman–Crippen MR) is 146 cm³/mol. The molecule has 0 amide bonds. The number of hydrogen-bond donors (Lipinski definition) is 1. The van der Waals surface area contributed by atoms with Gasteiger partial charge in [0.25, 0.3) is 0 Å². The highest BCUT2D eigenvalue weighted by atomic mass is 15.2. The van der Waals surface area contributed by atoms with Crippen molar-refractivity contribution in [1.82, 2.24) is 34.0 Å². The van der Waals surface area contributed by atoms with E-state index in [2.05, 4.69) is 82.8 Å². The first-order valence-corrected chi connectivity index (χ1v) is 12.3. The molecule has 0 fully saturated rings. The number of nitrogens with zero attached hydrogens (tertiary/aromatic N) is 7. The second kappa shape index (κ2) is 9.83. The molecule has 0 bridgehead atoms. The molecule has 184 valence electrons. The molecule has 0 radical (unpaired) electrons. The minimum absolute atomic E-state index is 0.666. The first-order valence-electron chi connectivity index (χ1n) is 12.3. The molecular formula is C29H28N8. The smallest absolute Gasteiger partial charge is 0.122 e. The summed E-state index contributed by atoms with van der Waals surface area (Å²) in [5, 5.41) is 5.78. The van der Waals surface area contributed by atoms with Crippen LogP contribution in [0.5, 0.6) is 0 Å². The Kier molecular flexibility index (Phi) is 6.08. The Morgan fingerprint density at radius 1 is 0.649 bits per heavy atom. The summed E-state index contributed by atoms with van der Waals surface area (Å²) < 4.78 is 4.11. The highest BCUT2D eigenvalue weighted by Crippen LogP contribution is 2.29. The number of pyridine rings is 2. The molecule has 8 heteroatoms. The summed E-state index contributed by atoms with van der Waals surface area (Å²) in [5.74, 6) is 2.00. The van der Waals surface area contributed by atoms with Crippen LogP contribution in [0, 0.1) is 0 Å². The van der Waals surface area contributed by atoms with E-state index in [1.54, 1.807) is 0 Å². The summed E-state index contributed by atoms with van der Waals surface area (Å²) in [6.07, 6.45) is 9.45. The second-order valence-electron chi connectivity index (χ2n) is 9.24. The van der Waals surface area contributed by atoms with Gasteiger partial charge in [-0.15, -0.1) is 0 Å². The van der Waals surface area contributed by atoms with Gasteiger partial charge in [0.1, 0.15) is 11.6 Å². The van der Waals surface area contributed by atoms with Gasteiger partial charge in [-0.1, -0.05) is 36.4 Å². The molecule has 4 aromatic heterocycles. The molecule has 6 rings (SSSR count). The summed E-state index contributed by atoms with van der Waals surface area (Å²) >= 11 is 0. The number of benzene rings is 2. The fraction of sp³-hybridized carbons (Fsp3) is 0.172. The fourth-order valence-electron chi connectivity index (χ4n) is 4.62. The third-order valence-electron chi connectivity index (χ3n) is 6.64. The standard InChI is InChI=1S/C29H28N8/c1-35-16-14-30-26(35)19-37(20-27-31-15-17-36(27)2)18-23-12-11-22-7-4-10-25(29(22)33-23)34-24-9-3-6-21-8-5-13-32-28(21)24/h3-17,34H,18-20H2,1-2H3.